The maximum Gasteiger partial charge on any atom is 0.241 e. The molecular formula is C25H38N6O2. The Balaban J connectivity index is 1.93. The molecule has 0 radical (unpaired) electrons. The van der Waals surface area contributed by atoms with Crippen LogP contribution in [0.3, 0.4) is 0 Å². The molecule has 0 aromatic heterocycles. The molecule has 0 saturated heterocycles. The number of ether oxygens (including phenoxy) is 2. The van der Waals surface area contributed by atoms with Gasteiger partial charge in [0.2, 0.25) is 6.29 Å². The summed E-state index contributed by atoms with van der Waals surface area (Å²) < 4.78 is 12.4. The molecule has 8 nitrogen and oxygen atoms in total. The maximum atomic E-state index is 7.22. The van der Waals surface area contributed by atoms with Crippen molar-refractivity contribution in [2.75, 3.05) is 13.1 Å². The molecular weight excluding hydrogens is 416 g/mol. The summed E-state index contributed by atoms with van der Waals surface area (Å²) >= 11 is 0. The Morgan fingerprint density at radius 2 is 1.21 bits per heavy atom. The zero-order valence-electron chi connectivity index (χ0n) is 19.5. The summed E-state index contributed by atoms with van der Waals surface area (Å²) in [7, 11) is 0. The van der Waals surface area contributed by atoms with Crippen molar-refractivity contribution >= 4 is 11.9 Å². The molecule has 2 rings (SSSR count). The fourth-order valence-electron chi connectivity index (χ4n) is 3.34. The van der Waals surface area contributed by atoms with E-state index < -0.39 is 0 Å². The number of guanidine groups is 2. The minimum absolute atomic E-state index is 0.0150. The van der Waals surface area contributed by atoms with Crippen LogP contribution in [0, 0.1) is 10.8 Å². The van der Waals surface area contributed by atoms with Gasteiger partial charge >= 0.3 is 0 Å². The fraction of sp³-hybridized carbons (Fsp3) is 0.440. The third-order valence-electron chi connectivity index (χ3n) is 5.13. The lowest BCUT2D eigenvalue weighted by Crippen LogP contribution is -2.31. The van der Waals surface area contributed by atoms with Crippen molar-refractivity contribution in [1.29, 1.82) is 10.8 Å². The van der Waals surface area contributed by atoms with Crippen molar-refractivity contribution in [3.05, 3.63) is 59.7 Å². The Bertz CT molecular complexity index is 773. The molecule has 0 aliphatic rings. The second kappa shape index (κ2) is 14.6. The minimum Gasteiger partial charge on any atom is -0.455 e. The molecule has 0 spiro atoms. The van der Waals surface area contributed by atoms with E-state index in [2.05, 4.69) is 17.6 Å². The second-order valence-corrected chi connectivity index (χ2v) is 7.98. The van der Waals surface area contributed by atoms with Gasteiger partial charge in [-0.25, -0.2) is 0 Å². The lowest BCUT2D eigenvalue weighted by atomic mass is 10.1. The zero-order valence-corrected chi connectivity index (χ0v) is 19.5. The number of nitrogens with two attached hydrogens (primary N) is 2. The molecule has 0 atom stereocenters. The van der Waals surface area contributed by atoms with Crippen LogP contribution in [0.1, 0.15) is 50.2 Å². The van der Waals surface area contributed by atoms with Crippen molar-refractivity contribution in [2.45, 2.75) is 58.2 Å². The highest BCUT2D eigenvalue weighted by molar-refractivity contribution is 5.74. The van der Waals surface area contributed by atoms with Gasteiger partial charge in [-0.15, -0.1) is 0 Å². The molecule has 0 amide bonds. The van der Waals surface area contributed by atoms with Crippen LogP contribution in [0.2, 0.25) is 0 Å². The van der Waals surface area contributed by atoms with Crippen LogP contribution < -0.4 is 31.6 Å². The summed E-state index contributed by atoms with van der Waals surface area (Å²) in [6.07, 6.45) is 6.61. The van der Waals surface area contributed by atoms with Gasteiger partial charge < -0.3 is 31.6 Å². The Labute approximate surface area is 197 Å². The summed E-state index contributed by atoms with van der Waals surface area (Å²) in [5.74, 6) is 1.51. The molecule has 0 heterocycles. The highest BCUT2D eigenvalue weighted by Crippen LogP contribution is 2.21. The third kappa shape index (κ3) is 11.1. The monoisotopic (exact) mass is 454 g/mol. The second-order valence-electron chi connectivity index (χ2n) is 7.98. The summed E-state index contributed by atoms with van der Waals surface area (Å²) in [5, 5.41) is 20.1. The first-order chi connectivity index (χ1) is 16.0. The summed E-state index contributed by atoms with van der Waals surface area (Å²) in [5.41, 5.74) is 12.9. The van der Waals surface area contributed by atoms with E-state index >= 15 is 0 Å². The van der Waals surface area contributed by atoms with Gasteiger partial charge in [0.25, 0.3) is 0 Å². The Kier molecular flexibility index (Phi) is 11.4. The van der Waals surface area contributed by atoms with Crippen LogP contribution >= 0.6 is 0 Å². The van der Waals surface area contributed by atoms with Crippen LogP contribution in [0.4, 0.5) is 0 Å². The highest BCUT2D eigenvalue weighted by Gasteiger charge is 2.13. The summed E-state index contributed by atoms with van der Waals surface area (Å²) in [6, 6.07) is 15.9. The van der Waals surface area contributed by atoms with Crippen LogP contribution in [0.15, 0.2) is 48.5 Å². The van der Waals surface area contributed by atoms with E-state index in [1.165, 1.54) is 12.8 Å². The lowest BCUT2D eigenvalue weighted by Gasteiger charge is -2.21. The molecule has 33 heavy (non-hydrogen) atoms. The molecule has 0 bridgehead atoms. The molecule has 0 aliphatic carbocycles. The average molecular weight is 455 g/mol. The largest absolute Gasteiger partial charge is 0.455 e. The van der Waals surface area contributed by atoms with Crippen LogP contribution in [-0.2, 0) is 12.8 Å². The fourth-order valence-corrected chi connectivity index (χ4v) is 3.34. The van der Waals surface area contributed by atoms with Crippen LogP contribution in [0.5, 0.6) is 11.5 Å². The first-order valence-electron chi connectivity index (χ1n) is 11.6. The Hall–Kier alpha value is -3.42. The predicted molar refractivity (Wildman–Crippen MR) is 134 cm³/mol. The van der Waals surface area contributed by atoms with Gasteiger partial charge in [0.15, 0.2) is 11.9 Å². The van der Waals surface area contributed by atoms with E-state index in [4.69, 9.17) is 31.8 Å². The third-order valence-corrected chi connectivity index (χ3v) is 5.13. The quantitative estimate of drug-likeness (QED) is 0.105. The molecule has 0 unspecified atom stereocenters. The van der Waals surface area contributed by atoms with Gasteiger partial charge in [0.1, 0.15) is 11.5 Å². The minimum atomic E-state index is -0.364. The summed E-state index contributed by atoms with van der Waals surface area (Å²) in [6.45, 7) is 3.45. The van der Waals surface area contributed by atoms with Crippen LogP contribution in [-0.4, -0.2) is 31.3 Å². The molecule has 2 aromatic rings. The van der Waals surface area contributed by atoms with Crippen molar-refractivity contribution in [3.8, 4) is 11.5 Å². The van der Waals surface area contributed by atoms with E-state index in [-0.39, 0.29) is 18.2 Å². The van der Waals surface area contributed by atoms with Gasteiger partial charge in [-0.05, 0) is 54.7 Å². The van der Waals surface area contributed by atoms with Crippen LogP contribution in [0.25, 0.3) is 0 Å². The highest BCUT2D eigenvalue weighted by atomic mass is 16.7. The molecule has 0 fully saturated rings. The molecule has 8 heteroatoms. The van der Waals surface area contributed by atoms with E-state index in [1.54, 1.807) is 0 Å². The standard InChI is InChI=1S/C25H38N6O2/c1-2-3-4-5-6-23(32-21-11-7-19(8-12-21)15-17-30-24(26)27)33-22-13-9-20(10-14-22)16-18-31-25(28)29/h7-14,23H,2-6,15-18H2,1H3,(H4,26,27,30)(H4,28,29,31). The van der Waals surface area contributed by atoms with Gasteiger partial charge in [-0.1, -0.05) is 50.5 Å². The number of hydrogen-bond donors (Lipinski definition) is 6. The number of nitrogens with one attached hydrogen (secondary N) is 4. The lowest BCUT2D eigenvalue weighted by molar-refractivity contribution is -0.00246. The number of benzene rings is 2. The molecule has 2 aromatic carbocycles. The first-order valence-corrected chi connectivity index (χ1v) is 11.6. The average Bonchev–Trinajstić information content (AvgIpc) is 2.78. The molecule has 180 valence electrons. The Morgan fingerprint density at radius 3 is 1.61 bits per heavy atom. The smallest absolute Gasteiger partial charge is 0.241 e. The predicted octanol–water partition coefficient (Wildman–Crippen LogP) is 3.49. The molecule has 8 N–H and O–H groups in total. The number of rotatable bonds is 15. The SMILES string of the molecule is CCCCCCC(Oc1ccc(CCNC(=N)N)cc1)Oc1ccc(CCNC(=N)N)cc1. The molecule has 0 saturated carbocycles. The van der Waals surface area contributed by atoms with Crippen molar-refractivity contribution < 1.29 is 9.47 Å². The van der Waals surface area contributed by atoms with Crippen molar-refractivity contribution in [2.24, 2.45) is 11.5 Å². The number of hydrogen-bond acceptors (Lipinski definition) is 4. The van der Waals surface area contributed by atoms with Gasteiger partial charge in [-0.2, -0.15) is 0 Å². The van der Waals surface area contributed by atoms with Gasteiger partial charge in [0.05, 0.1) is 0 Å². The van der Waals surface area contributed by atoms with E-state index in [0.717, 1.165) is 54.7 Å². The van der Waals surface area contributed by atoms with E-state index in [9.17, 15) is 0 Å². The van der Waals surface area contributed by atoms with E-state index in [0.29, 0.717) is 13.1 Å². The zero-order chi connectivity index (χ0) is 23.9. The number of unbranched alkanes of at least 4 members (excludes halogenated alkanes) is 3. The summed E-state index contributed by atoms with van der Waals surface area (Å²) in [4.78, 5) is 0. The van der Waals surface area contributed by atoms with Gasteiger partial charge in [0, 0.05) is 19.5 Å². The normalized spacial score (nSPS) is 11.4. The maximum absolute atomic E-state index is 7.22. The Morgan fingerprint density at radius 1 is 0.758 bits per heavy atom. The van der Waals surface area contributed by atoms with Crippen molar-refractivity contribution in [1.82, 2.24) is 10.6 Å². The van der Waals surface area contributed by atoms with Gasteiger partial charge in [-0.3, -0.25) is 10.8 Å². The van der Waals surface area contributed by atoms with E-state index in [1.807, 2.05) is 48.5 Å². The van der Waals surface area contributed by atoms with Crippen molar-refractivity contribution in [3.63, 3.8) is 0 Å². The molecule has 0 aliphatic heterocycles. The topological polar surface area (TPSA) is 142 Å². The first kappa shape index (κ1) is 25.8.